The number of hydrogen-bond donors (Lipinski definition) is 3. The Hall–Kier alpha value is -1.62. The molecule has 0 heterocycles. The van der Waals surface area contributed by atoms with Crippen molar-refractivity contribution in [3.63, 3.8) is 0 Å². The quantitative estimate of drug-likeness (QED) is 0.688. The normalized spacial score (nSPS) is 10.4. The molecule has 0 unspecified atom stereocenters. The summed E-state index contributed by atoms with van der Waals surface area (Å²) < 4.78 is 12.8. The molecule has 0 aromatic heterocycles. The molecule has 2 amide bonds. The van der Waals surface area contributed by atoms with Crippen molar-refractivity contribution < 1.29 is 9.18 Å². The number of urea groups is 1. The smallest absolute Gasteiger partial charge is 0.319 e. The van der Waals surface area contributed by atoms with Crippen LogP contribution in [0.15, 0.2) is 24.3 Å². The zero-order valence-electron chi connectivity index (χ0n) is 10.1. The van der Waals surface area contributed by atoms with Crippen molar-refractivity contribution in [3.05, 3.63) is 30.1 Å². The zero-order valence-corrected chi connectivity index (χ0v) is 10.1. The van der Waals surface area contributed by atoms with E-state index >= 15 is 0 Å². The van der Waals surface area contributed by atoms with Crippen LogP contribution in [-0.4, -0.2) is 25.2 Å². The Bertz CT molecular complexity index is 369. The van der Waals surface area contributed by atoms with Gasteiger partial charge in [0.05, 0.1) is 0 Å². The molecule has 0 aliphatic carbocycles. The van der Waals surface area contributed by atoms with Gasteiger partial charge in [0.15, 0.2) is 0 Å². The molecule has 5 heteroatoms. The monoisotopic (exact) mass is 239 g/mol. The van der Waals surface area contributed by atoms with Gasteiger partial charge in [0, 0.05) is 24.8 Å². The molecule has 94 valence electrons. The lowest BCUT2D eigenvalue weighted by Crippen LogP contribution is -2.36. The highest BCUT2D eigenvalue weighted by Crippen LogP contribution is 2.08. The number of carbonyl (C=O) groups excluding carboxylic acids is 1. The first-order valence-corrected chi connectivity index (χ1v) is 5.61. The fourth-order valence-electron chi connectivity index (χ4n) is 1.28. The van der Waals surface area contributed by atoms with Crippen molar-refractivity contribution in [2.75, 3.05) is 18.4 Å². The lowest BCUT2D eigenvalue weighted by Gasteiger charge is -2.10. The number of rotatable bonds is 5. The van der Waals surface area contributed by atoms with Crippen LogP contribution < -0.4 is 16.0 Å². The Morgan fingerprint density at radius 2 is 2.12 bits per heavy atom. The maximum absolute atomic E-state index is 12.8. The molecular weight excluding hydrogens is 221 g/mol. The Morgan fingerprint density at radius 3 is 2.76 bits per heavy atom. The highest BCUT2D eigenvalue weighted by molar-refractivity contribution is 5.89. The molecule has 17 heavy (non-hydrogen) atoms. The van der Waals surface area contributed by atoms with Crippen molar-refractivity contribution in [1.82, 2.24) is 10.6 Å². The maximum atomic E-state index is 12.8. The van der Waals surface area contributed by atoms with Gasteiger partial charge >= 0.3 is 6.03 Å². The molecule has 0 saturated carbocycles. The standard InChI is InChI=1S/C12H18FN3O/c1-9(2)14-6-7-15-12(17)16-11-5-3-4-10(13)8-11/h3-5,8-9,14H,6-7H2,1-2H3,(H2,15,16,17). The van der Waals surface area contributed by atoms with E-state index in [0.717, 1.165) is 0 Å². The summed E-state index contributed by atoms with van der Waals surface area (Å²) in [6.45, 7) is 5.30. The number of nitrogens with one attached hydrogen (secondary N) is 3. The minimum absolute atomic E-state index is 0.332. The largest absolute Gasteiger partial charge is 0.337 e. The van der Waals surface area contributed by atoms with Crippen molar-refractivity contribution in [1.29, 1.82) is 0 Å². The van der Waals surface area contributed by atoms with Gasteiger partial charge in [0.1, 0.15) is 5.82 Å². The van der Waals surface area contributed by atoms with Gasteiger partial charge in [-0.3, -0.25) is 0 Å². The fourth-order valence-corrected chi connectivity index (χ4v) is 1.28. The first-order chi connectivity index (χ1) is 8.08. The second-order valence-corrected chi connectivity index (χ2v) is 4.00. The van der Waals surface area contributed by atoms with Crippen molar-refractivity contribution in [2.24, 2.45) is 0 Å². The van der Waals surface area contributed by atoms with Crippen LogP contribution in [0.25, 0.3) is 0 Å². The van der Waals surface area contributed by atoms with Crippen LogP contribution in [0.1, 0.15) is 13.8 Å². The van der Waals surface area contributed by atoms with E-state index in [1.165, 1.54) is 12.1 Å². The van der Waals surface area contributed by atoms with Gasteiger partial charge in [-0.05, 0) is 18.2 Å². The molecule has 1 aromatic carbocycles. The van der Waals surface area contributed by atoms with Gasteiger partial charge in [-0.2, -0.15) is 0 Å². The zero-order chi connectivity index (χ0) is 12.7. The molecule has 0 bridgehead atoms. The Morgan fingerprint density at radius 1 is 1.35 bits per heavy atom. The van der Waals surface area contributed by atoms with Gasteiger partial charge in [-0.25, -0.2) is 9.18 Å². The lowest BCUT2D eigenvalue weighted by molar-refractivity contribution is 0.252. The number of halogens is 1. The van der Waals surface area contributed by atoms with Crippen LogP contribution in [0.3, 0.4) is 0 Å². The van der Waals surface area contributed by atoms with Crippen molar-refractivity contribution in [2.45, 2.75) is 19.9 Å². The number of anilines is 1. The van der Waals surface area contributed by atoms with Crippen LogP contribution in [0.4, 0.5) is 14.9 Å². The molecule has 0 saturated heterocycles. The van der Waals surface area contributed by atoms with Gasteiger partial charge in [0.2, 0.25) is 0 Å². The molecule has 3 N–H and O–H groups in total. The van der Waals surface area contributed by atoms with E-state index in [-0.39, 0.29) is 11.8 Å². The van der Waals surface area contributed by atoms with Gasteiger partial charge in [-0.1, -0.05) is 19.9 Å². The molecule has 0 atom stereocenters. The summed E-state index contributed by atoms with van der Waals surface area (Å²) in [4.78, 5) is 11.4. The summed E-state index contributed by atoms with van der Waals surface area (Å²) >= 11 is 0. The maximum Gasteiger partial charge on any atom is 0.319 e. The third kappa shape index (κ3) is 5.87. The molecule has 0 spiro atoms. The van der Waals surface area contributed by atoms with Crippen molar-refractivity contribution in [3.8, 4) is 0 Å². The topological polar surface area (TPSA) is 53.2 Å². The highest BCUT2D eigenvalue weighted by Gasteiger charge is 2.01. The molecule has 1 aromatic rings. The average Bonchev–Trinajstić information content (AvgIpc) is 2.24. The van der Waals surface area contributed by atoms with Crippen LogP contribution in [-0.2, 0) is 0 Å². The minimum atomic E-state index is -0.371. The number of amides is 2. The summed E-state index contributed by atoms with van der Waals surface area (Å²) in [5.41, 5.74) is 0.444. The third-order valence-electron chi connectivity index (χ3n) is 2.05. The molecule has 4 nitrogen and oxygen atoms in total. The Labute approximate surface area is 101 Å². The average molecular weight is 239 g/mol. The Kier molecular flexibility index (Phi) is 5.42. The molecule has 0 aliphatic heterocycles. The Balaban J connectivity index is 2.25. The van der Waals surface area contributed by atoms with Crippen LogP contribution in [0, 0.1) is 5.82 Å². The van der Waals surface area contributed by atoms with Gasteiger partial charge < -0.3 is 16.0 Å². The summed E-state index contributed by atoms with van der Waals surface area (Å²) in [5, 5.41) is 8.40. The summed E-state index contributed by atoms with van der Waals surface area (Å²) in [6.07, 6.45) is 0. The summed E-state index contributed by atoms with van der Waals surface area (Å²) in [7, 11) is 0. The van der Waals surface area contributed by atoms with Crippen LogP contribution in [0.5, 0.6) is 0 Å². The molecule has 0 fully saturated rings. The SMILES string of the molecule is CC(C)NCCNC(=O)Nc1cccc(F)c1. The second kappa shape index (κ2) is 6.85. The third-order valence-corrected chi connectivity index (χ3v) is 2.05. The predicted octanol–water partition coefficient (Wildman–Crippen LogP) is 1.95. The molecular formula is C12H18FN3O. The molecule has 0 radical (unpaired) electrons. The first kappa shape index (κ1) is 13.4. The van der Waals surface area contributed by atoms with E-state index in [1.807, 2.05) is 13.8 Å². The number of carbonyl (C=O) groups is 1. The second-order valence-electron chi connectivity index (χ2n) is 4.00. The van der Waals surface area contributed by atoms with Crippen molar-refractivity contribution >= 4 is 11.7 Å². The minimum Gasteiger partial charge on any atom is -0.337 e. The van der Waals surface area contributed by atoms with E-state index in [0.29, 0.717) is 24.8 Å². The first-order valence-electron chi connectivity index (χ1n) is 5.61. The number of benzene rings is 1. The summed E-state index contributed by atoms with van der Waals surface area (Å²) in [6, 6.07) is 5.84. The fraction of sp³-hybridized carbons (Fsp3) is 0.417. The van der Waals surface area contributed by atoms with E-state index in [9.17, 15) is 9.18 Å². The van der Waals surface area contributed by atoms with E-state index < -0.39 is 0 Å². The van der Waals surface area contributed by atoms with E-state index in [4.69, 9.17) is 0 Å². The van der Waals surface area contributed by atoms with E-state index in [2.05, 4.69) is 16.0 Å². The van der Waals surface area contributed by atoms with E-state index in [1.54, 1.807) is 12.1 Å². The summed E-state index contributed by atoms with van der Waals surface area (Å²) in [5.74, 6) is -0.371. The lowest BCUT2D eigenvalue weighted by atomic mass is 10.3. The van der Waals surface area contributed by atoms with Gasteiger partial charge in [0.25, 0.3) is 0 Å². The number of hydrogen-bond acceptors (Lipinski definition) is 2. The van der Waals surface area contributed by atoms with Crippen LogP contribution in [0.2, 0.25) is 0 Å². The molecule has 1 rings (SSSR count). The highest BCUT2D eigenvalue weighted by atomic mass is 19.1. The predicted molar refractivity (Wildman–Crippen MR) is 66.6 cm³/mol. The molecule has 0 aliphatic rings. The van der Waals surface area contributed by atoms with Gasteiger partial charge in [-0.15, -0.1) is 0 Å². The van der Waals surface area contributed by atoms with Crippen LogP contribution >= 0.6 is 0 Å².